The SMILES string of the molecule is O=C(OCP(=O)(O)OC(Cc1ccccc1)c1ccccc1)Oc1ccc([N+](=O)[O-])cc1. The molecule has 0 aliphatic carbocycles. The van der Waals surface area contributed by atoms with E-state index in [1.165, 1.54) is 12.1 Å². The van der Waals surface area contributed by atoms with Crippen LogP contribution in [0.15, 0.2) is 84.9 Å². The summed E-state index contributed by atoms with van der Waals surface area (Å²) < 4.78 is 27.7. The zero-order chi connectivity index (χ0) is 23.0. The van der Waals surface area contributed by atoms with Crippen LogP contribution in [0, 0.1) is 10.1 Å². The smallest absolute Gasteiger partial charge is 0.421 e. The molecule has 9 nitrogen and oxygen atoms in total. The zero-order valence-corrected chi connectivity index (χ0v) is 17.7. The Morgan fingerprint density at radius 3 is 2.16 bits per heavy atom. The molecule has 0 saturated heterocycles. The Bertz CT molecular complexity index is 1090. The molecule has 3 aromatic carbocycles. The van der Waals surface area contributed by atoms with Crippen LogP contribution in [0.25, 0.3) is 0 Å². The minimum Gasteiger partial charge on any atom is -0.421 e. The molecule has 1 N–H and O–H groups in total. The lowest BCUT2D eigenvalue weighted by atomic mass is 10.0. The number of nitrogens with zero attached hydrogens (tertiary/aromatic N) is 1. The summed E-state index contributed by atoms with van der Waals surface area (Å²) in [5.41, 5.74) is 1.42. The van der Waals surface area contributed by atoms with Gasteiger partial charge < -0.3 is 14.4 Å². The monoisotopic (exact) mass is 457 g/mol. The van der Waals surface area contributed by atoms with Gasteiger partial charge in [0, 0.05) is 18.6 Å². The van der Waals surface area contributed by atoms with E-state index in [-0.39, 0.29) is 11.4 Å². The number of rotatable bonds is 9. The van der Waals surface area contributed by atoms with E-state index in [9.17, 15) is 24.4 Å². The number of carbonyl (C=O) groups excluding carboxylic acids is 1. The molecule has 3 rings (SSSR count). The van der Waals surface area contributed by atoms with E-state index in [4.69, 9.17) is 14.0 Å². The fourth-order valence-corrected chi connectivity index (χ4v) is 3.76. The molecule has 166 valence electrons. The van der Waals surface area contributed by atoms with E-state index >= 15 is 0 Å². The van der Waals surface area contributed by atoms with Crippen molar-refractivity contribution in [2.75, 3.05) is 6.35 Å². The lowest BCUT2D eigenvalue weighted by Gasteiger charge is -2.21. The highest BCUT2D eigenvalue weighted by atomic mass is 31.2. The molecule has 2 atom stereocenters. The molecule has 0 saturated carbocycles. The maximum Gasteiger partial charge on any atom is 0.514 e. The summed E-state index contributed by atoms with van der Waals surface area (Å²) in [6, 6.07) is 23.0. The second kappa shape index (κ2) is 10.7. The second-order valence-electron chi connectivity index (χ2n) is 6.71. The molecule has 0 fully saturated rings. The van der Waals surface area contributed by atoms with Gasteiger partial charge in [-0.25, -0.2) is 4.79 Å². The lowest BCUT2D eigenvalue weighted by molar-refractivity contribution is -0.384. The number of hydrogen-bond acceptors (Lipinski definition) is 7. The Balaban J connectivity index is 1.61. The highest BCUT2D eigenvalue weighted by Crippen LogP contribution is 2.47. The normalized spacial score (nSPS) is 13.5. The molecule has 0 aliphatic heterocycles. The van der Waals surface area contributed by atoms with Crippen molar-refractivity contribution in [2.24, 2.45) is 0 Å². The van der Waals surface area contributed by atoms with E-state index in [0.29, 0.717) is 12.0 Å². The number of non-ortho nitro benzene ring substituents is 1. The van der Waals surface area contributed by atoms with E-state index in [0.717, 1.165) is 17.7 Å². The number of carbonyl (C=O) groups is 1. The Morgan fingerprint density at radius 2 is 1.56 bits per heavy atom. The predicted molar refractivity (Wildman–Crippen MR) is 115 cm³/mol. The third-order valence-corrected chi connectivity index (χ3v) is 5.36. The molecule has 3 aromatic rings. The van der Waals surface area contributed by atoms with Crippen LogP contribution in [0.2, 0.25) is 0 Å². The first-order chi connectivity index (χ1) is 15.3. The number of ether oxygens (including phenoxy) is 2. The molecule has 10 heteroatoms. The van der Waals surface area contributed by atoms with Crippen molar-refractivity contribution in [3.05, 3.63) is 106 Å². The molecule has 0 aromatic heterocycles. The first-order valence-electron chi connectivity index (χ1n) is 9.50. The van der Waals surface area contributed by atoms with Crippen LogP contribution in [0.1, 0.15) is 17.2 Å². The second-order valence-corrected chi connectivity index (χ2v) is 8.45. The van der Waals surface area contributed by atoms with Crippen molar-refractivity contribution in [1.29, 1.82) is 0 Å². The van der Waals surface area contributed by atoms with Gasteiger partial charge in [-0.2, -0.15) is 0 Å². The van der Waals surface area contributed by atoms with Crippen LogP contribution in [0.3, 0.4) is 0 Å². The molecular weight excluding hydrogens is 437 g/mol. The molecule has 0 spiro atoms. The van der Waals surface area contributed by atoms with Gasteiger partial charge in [0.1, 0.15) is 5.75 Å². The van der Waals surface area contributed by atoms with E-state index in [2.05, 4.69) is 0 Å². The fourth-order valence-electron chi connectivity index (χ4n) is 2.84. The van der Waals surface area contributed by atoms with Gasteiger partial charge in [0.05, 0.1) is 11.0 Å². The third kappa shape index (κ3) is 7.02. The lowest BCUT2D eigenvalue weighted by Crippen LogP contribution is -2.14. The van der Waals surface area contributed by atoms with Gasteiger partial charge in [-0.05, 0) is 23.3 Å². The van der Waals surface area contributed by atoms with Crippen LogP contribution in [0.4, 0.5) is 10.5 Å². The maximum atomic E-state index is 12.6. The molecule has 0 amide bonds. The van der Waals surface area contributed by atoms with Gasteiger partial charge in [-0.15, -0.1) is 0 Å². The quantitative estimate of drug-likeness (QED) is 0.152. The molecule has 0 bridgehead atoms. The summed E-state index contributed by atoms with van der Waals surface area (Å²) in [5.74, 6) is -0.0134. The van der Waals surface area contributed by atoms with Gasteiger partial charge in [0.2, 0.25) is 0 Å². The number of benzene rings is 3. The van der Waals surface area contributed by atoms with Crippen LogP contribution in [-0.2, 0) is 20.2 Å². The standard InChI is InChI=1S/C22H20NO8P/c24-22(30-20-13-11-19(12-14-20)23(25)26)29-16-32(27,28)31-21(18-9-5-2-6-10-18)15-17-7-3-1-4-8-17/h1-14,21H,15-16H2,(H,27,28). The molecular formula is C22H20NO8P. The Morgan fingerprint density at radius 1 is 0.969 bits per heavy atom. The van der Waals surface area contributed by atoms with Gasteiger partial charge in [-0.1, -0.05) is 60.7 Å². The van der Waals surface area contributed by atoms with Gasteiger partial charge in [-0.3, -0.25) is 19.2 Å². The average Bonchev–Trinajstić information content (AvgIpc) is 2.79. The average molecular weight is 457 g/mol. The van der Waals surface area contributed by atoms with Crippen molar-refractivity contribution in [3.8, 4) is 5.75 Å². The number of nitro groups is 1. The fraction of sp³-hybridized carbons (Fsp3) is 0.136. The molecule has 2 unspecified atom stereocenters. The van der Waals surface area contributed by atoms with Crippen LogP contribution < -0.4 is 4.74 Å². The first-order valence-corrected chi connectivity index (χ1v) is 11.3. The molecule has 0 heterocycles. The largest absolute Gasteiger partial charge is 0.514 e. The van der Waals surface area contributed by atoms with Crippen molar-refractivity contribution < 1.29 is 33.2 Å². The molecule has 32 heavy (non-hydrogen) atoms. The Kier molecular flexibility index (Phi) is 7.72. The van der Waals surface area contributed by atoms with E-state index in [1.54, 1.807) is 24.3 Å². The van der Waals surface area contributed by atoms with Gasteiger partial charge in [0.25, 0.3) is 5.69 Å². The molecule has 0 aliphatic rings. The maximum absolute atomic E-state index is 12.6. The minimum absolute atomic E-state index is 0.0134. The Hall–Kier alpha value is -3.52. The highest BCUT2D eigenvalue weighted by molar-refractivity contribution is 7.52. The summed E-state index contributed by atoms with van der Waals surface area (Å²) >= 11 is 0. The van der Waals surface area contributed by atoms with Crippen molar-refractivity contribution >= 4 is 19.4 Å². The van der Waals surface area contributed by atoms with Crippen LogP contribution in [-0.4, -0.2) is 22.3 Å². The predicted octanol–water partition coefficient (Wildman–Crippen LogP) is 5.25. The van der Waals surface area contributed by atoms with Crippen LogP contribution >= 0.6 is 7.60 Å². The van der Waals surface area contributed by atoms with Crippen LogP contribution in [0.5, 0.6) is 5.75 Å². The van der Waals surface area contributed by atoms with Crippen molar-refractivity contribution in [3.63, 3.8) is 0 Å². The highest BCUT2D eigenvalue weighted by Gasteiger charge is 2.29. The number of nitro benzene ring substituents is 1. The number of hydrogen-bond donors (Lipinski definition) is 1. The minimum atomic E-state index is -4.34. The topological polar surface area (TPSA) is 125 Å². The van der Waals surface area contributed by atoms with Gasteiger partial charge in [0.15, 0.2) is 6.35 Å². The summed E-state index contributed by atoms with van der Waals surface area (Å²) in [6.45, 7) is 0. The molecule has 0 radical (unpaired) electrons. The van der Waals surface area contributed by atoms with E-state index in [1.807, 2.05) is 36.4 Å². The van der Waals surface area contributed by atoms with Crippen molar-refractivity contribution in [1.82, 2.24) is 0 Å². The first kappa shape index (κ1) is 23.1. The third-order valence-electron chi connectivity index (χ3n) is 4.32. The summed E-state index contributed by atoms with van der Waals surface area (Å²) in [4.78, 5) is 32.2. The van der Waals surface area contributed by atoms with Gasteiger partial charge >= 0.3 is 13.8 Å². The van der Waals surface area contributed by atoms with E-state index < -0.39 is 31.1 Å². The van der Waals surface area contributed by atoms with Crippen molar-refractivity contribution in [2.45, 2.75) is 12.5 Å². The summed E-state index contributed by atoms with van der Waals surface area (Å²) in [5, 5.41) is 10.7. The summed E-state index contributed by atoms with van der Waals surface area (Å²) in [6.07, 6.45) is -2.57. The zero-order valence-electron chi connectivity index (χ0n) is 16.8. The Labute approximate surface area is 183 Å². The summed E-state index contributed by atoms with van der Waals surface area (Å²) in [7, 11) is -4.34.